The molecule has 0 aromatic heterocycles. The van der Waals surface area contributed by atoms with Gasteiger partial charge in [0, 0.05) is 12.1 Å². The van der Waals surface area contributed by atoms with E-state index in [0.717, 1.165) is 6.42 Å². The number of hydrogen-bond donors (Lipinski definition) is 2. The molecule has 0 fully saturated rings. The minimum atomic E-state index is -3.77. The molecule has 0 spiro atoms. The van der Waals surface area contributed by atoms with E-state index < -0.39 is 10.0 Å². The summed E-state index contributed by atoms with van der Waals surface area (Å²) in [6.45, 7) is 3.55. The van der Waals surface area contributed by atoms with Crippen molar-refractivity contribution in [2.24, 2.45) is 0 Å². The Hall–Kier alpha value is -1.80. The van der Waals surface area contributed by atoms with Gasteiger partial charge >= 0.3 is 0 Å². The lowest BCUT2D eigenvalue weighted by Gasteiger charge is -2.12. The second kappa shape index (κ2) is 6.31. The van der Waals surface area contributed by atoms with Gasteiger partial charge in [0.1, 0.15) is 0 Å². The molecule has 1 aliphatic heterocycles. The summed E-state index contributed by atoms with van der Waals surface area (Å²) in [4.78, 5) is 11.6. The monoisotopic (exact) mass is 314 g/mol. The molecule has 0 bridgehead atoms. The summed E-state index contributed by atoms with van der Waals surface area (Å²) in [5.41, 5.74) is 0. The smallest absolute Gasteiger partial charge is 0.241 e. The van der Waals surface area contributed by atoms with Gasteiger partial charge in [-0.3, -0.25) is 4.79 Å². The topological polar surface area (TPSA) is 93.7 Å². The van der Waals surface area contributed by atoms with Crippen LogP contribution in [-0.4, -0.2) is 33.7 Å². The molecule has 1 heterocycles. The Morgan fingerprint density at radius 2 is 2.05 bits per heavy atom. The molecule has 1 amide bonds. The Morgan fingerprint density at radius 1 is 1.33 bits per heavy atom. The zero-order valence-corrected chi connectivity index (χ0v) is 12.7. The zero-order chi connectivity index (χ0) is 15.5. The number of nitrogens with one attached hydrogen (secondary N) is 2. The van der Waals surface area contributed by atoms with Crippen LogP contribution in [0.4, 0.5) is 0 Å². The van der Waals surface area contributed by atoms with E-state index in [1.807, 2.05) is 13.8 Å². The van der Waals surface area contributed by atoms with Crippen molar-refractivity contribution >= 4 is 15.9 Å². The van der Waals surface area contributed by atoms with Crippen LogP contribution in [0.2, 0.25) is 0 Å². The molecule has 21 heavy (non-hydrogen) atoms. The van der Waals surface area contributed by atoms with E-state index in [1.54, 1.807) is 0 Å². The van der Waals surface area contributed by atoms with E-state index in [-0.39, 0.29) is 30.2 Å². The van der Waals surface area contributed by atoms with Crippen LogP contribution in [0.3, 0.4) is 0 Å². The third kappa shape index (κ3) is 3.85. The maximum absolute atomic E-state index is 12.1. The lowest BCUT2D eigenvalue weighted by molar-refractivity contribution is -0.120. The second-order valence-electron chi connectivity index (χ2n) is 4.72. The van der Waals surface area contributed by atoms with Crippen LogP contribution in [0, 0.1) is 0 Å². The highest BCUT2D eigenvalue weighted by molar-refractivity contribution is 7.89. The predicted molar refractivity (Wildman–Crippen MR) is 75.6 cm³/mol. The summed E-state index contributed by atoms with van der Waals surface area (Å²) in [7, 11) is -3.77. The minimum absolute atomic E-state index is 0.00699. The number of rotatable bonds is 6. The van der Waals surface area contributed by atoms with Gasteiger partial charge in [0.2, 0.25) is 22.7 Å². The van der Waals surface area contributed by atoms with E-state index in [4.69, 9.17) is 9.47 Å². The highest BCUT2D eigenvalue weighted by Crippen LogP contribution is 2.33. The van der Waals surface area contributed by atoms with Gasteiger partial charge in [-0.05, 0) is 25.5 Å². The van der Waals surface area contributed by atoms with Crippen LogP contribution in [0.15, 0.2) is 23.1 Å². The first-order valence-electron chi connectivity index (χ1n) is 6.61. The first kappa shape index (κ1) is 15.6. The van der Waals surface area contributed by atoms with E-state index in [9.17, 15) is 13.2 Å². The molecule has 0 radical (unpaired) electrons. The summed E-state index contributed by atoms with van der Waals surface area (Å²) >= 11 is 0. The molecule has 2 rings (SSSR count). The van der Waals surface area contributed by atoms with E-state index in [2.05, 4.69) is 10.0 Å². The summed E-state index contributed by atoms with van der Waals surface area (Å²) < 4.78 is 36.7. The Labute approximate surface area is 123 Å². The quantitative estimate of drug-likeness (QED) is 0.802. The van der Waals surface area contributed by atoms with E-state index in [1.165, 1.54) is 18.2 Å². The summed E-state index contributed by atoms with van der Waals surface area (Å²) in [5.74, 6) is 0.513. The molecule has 2 N–H and O–H groups in total. The fraction of sp³-hybridized carbons (Fsp3) is 0.462. The molecular formula is C13H18N2O5S. The molecule has 0 saturated carbocycles. The lowest BCUT2D eigenvalue weighted by atomic mass is 10.2. The van der Waals surface area contributed by atoms with Crippen molar-refractivity contribution in [3.05, 3.63) is 18.2 Å². The van der Waals surface area contributed by atoms with Crippen molar-refractivity contribution in [3.8, 4) is 11.5 Å². The van der Waals surface area contributed by atoms with Gasteiger partial charge in [-0.2, -0.15) is 0 Å². The largest absolute Gasteiger partial charge is 0.454 e. The number of carbonyl (C=O) groups is 1. The van der Waals surface area contributed by atoms with Crippen molar-refractivity contribution in [2.75, 3.05) is 13.3 Å². The number of sulfonamides is 1. The fourth-order valence-electron chi connectivity index (χ4n) is 1.72. The van der Waals surface area contributed by atoms with Gasteiger partial charge in [-0.25, -0.2) is 13.1 Å². The standard InChI is InChI=1S/C13H18N2O5S/c1-3-9(2)15-13(16)7-14-21(17,18)10-4-5-11-12(6-10)20-8-19-11/h4-6,9,14H,3,7-8H2,1-2H3,(H,15,16). The lowest BCUT2D eigenvalue weighted by Crippen LogP contribution is -2.40. The third-order valence-electron chi connectivity index (χ3n) is 3.10. The van der Waals surface area contributed by atoms with Crippen LogP contribution >= 0.6 is 0 Å². The first-order valence-corrected chi connectivity index (χ1v) is 8.09. The normalized spacial score (nSPS) is 14.8. The van der Waals surface area contributed by atoms with Crippen LogP contribution in [0.5, 0.6) is 11.5 Å². The number of fused-ring (bicyclic) bond motifs is 1. The van der Waals surface area contributed by atoms with Crippen LogP contribution in [-0.2, 0) is 14.8 Å². The average Bonchev–Trinajstić information content (AvgIpc) is 2.92. The van der Waals surface area contributed by atoms with Crippen molar-refractivity contribution in [1.82, 2.24) is 10.0 Å². The van der Waals surface area contributed by atoms with E-state index in [0.29, 0.717) is 11.5 Å². The molecule has 0 aliphatic carbocycles. The van der Waals surface area contributed by atoms with Crippen LogP contribution in [0.1, 0.15) is 20.3 Å². The van der Waals surface area contributed by atoms with E-state index >= 15 is 0 Å². The van der Waals surface area contributed by atoms with Gasteiger partial charge in [-0.15, -0.1) is 0 Å². The molecule has 0 saturated heterocycles. The molecule has 7 nitrogen and oxygen atoms in total. The summed E-state index contributed by atoms with van der Waals surface area (Å²) in [5, 5.41) is 2.68. The molecule has 1 aromatic carbocycles. The van der Waals surface area contributed by atoms with Crippen molar-refractivity contribution < 1.29 is 22.7 Å². The van der Waals surface area contributed by atoms with Gasteiger partial charge < -0.3 is 14.8 Å². The summed E-state index contributed by atoms with van der Waals surface area (Å²) in [6.07, 6.45) is 0.778. The Morgan fingerprint density at radius 3 is 2.76 bits per heavy atom. The maximum atomic E-state index is 12.1. The summed E-state index contributed by atoms with van der Waals surface area (Å²) in [6, 6.07) is 4.31. The van der Waals surface area contributed by atoms with Crippen LogP contribution in [0.25, 0.3) is 0 Å². The first-order chi connectivity index (χ1) is 9.92. The number of benzene rings is 1. The molecule has 1 atom stereocenters. The molecule has 1 aromatic rings. The van der Waals surface area contributed by atoms with Gasteiger partial charge in [0.05, 0.1) is 11.4 Å². The molecule has 1 unspecified atom stereocenters. The van der Waals surface area contributed by atoms with Crippen LogP contribution < -0.4 is 19.5 Å². The third-order valence-corrected chi connectivity index (χ3v) is 4.50. The molecule has 116 valence electrons. The highest BCUT2D eigenvalue weighted by Gasteiger charge is 2.21. The number of hydrogen-bond acceptors (Lipinski definition) is 5. The second-order valence-corrected chi connectivity index (χ2v) is 6.48. The van der Waals surface area contributed by atoms with Crippen molar-refractivity contribution in [2.45, 2.75) is 31.2 Å². The predicted octanol–water partition coefficient (Wildman–Crippen LogP) is 0.608. The Balaban J connectivity index is 2.00. The molecule has 8 heteroatoms. The van der Waals surface area contributed by atoms with Crippen molar-refractivity contribution in [3.63, 3.8) is 0 Å². The van der Waals surface area contributed by atoms with Crippen molar-refractivity contribution in [1.29, 1.82) is 0 Å². The van der Waals surface area contributed by atoms with Gasteiger partial charge in [0.15, 0.2) is 11.5 Å². The Kier molecular flexibility index (Phi) is 4.69. The highest BCUT2D eigenvalue weighted by atomic mass is 32.2. The molecular weight excluding hydrogens is 296 g/mol. The Bertz CT molecular complexity index is 629. The number of amides is 1. The average molecular weight is 314 g/mol. The maximum Gasteiger partial charge on any atom is 0.241 e. The SMILES string of the molecule is CCC(C)NC(=O)CNS(=O)(=O)c1ccc2c(c1)OCO2. The number of ether oxygens (including phenoxy) is 2. The zero-order valence-electron chi connectivity index (χ0n) is 11.9. The fourth-order valence-corrected chi connectivity index (χ4v) is 2.71. The van der Waals surface area contributed by atoms with Gasteiger partial charge in [0.25, 0.3) is 0 Å². The van der Waals surface area contributed by atoms with Gasteiger partial charge in [-0.1, -0.05) is 6.92 Å². The minimum Gasteiger partial charge on any atom is -0.454 e. The number of carbonyl (C=O) groups excluding carboxylic acids is 1. The molecule has 1 aliphatic rings.